The van der Waals surface area contributed by atoms with E-state index in [0.717, 1.165) is 77.7 Å². The minimum absolute atomic E-state index is 0.567. The molecule has 0 aliphatic rings. The van der Waals surface area contributed by atoms with E-state index in [-0.39, 0.29) is 0 Å². The van der Waals surface area contributed by atoms with Gasteiger partial charge in [0.05, 0.1) is 11.1 Å². The number of aromatic nitrogens is 2. The quantitative estimate of drug-likeness (QED) is 0.154. The number of nitrogens with zero attached hydrogens (tertiary/aromatic N) is 2. The Morgan fingerprint density at radius 1 is 0.262 bits per heavy atom. The van der Waals surface area contributed by atoms with Crippen LogP contribution >= 0.6 is 0 Å². The van der Waals surface area contributed by atoms with Gasteiger partial charge < -0.3 is 4.42 Å². The minimum atomic E-state index is 0.567. The third-order valence-corrected chi connectivity index (χ3v) is 11.5. The van der Waals surface area contributed by atoms with E-state index in [4.69, 9.17) is 14.4 Å². The molecule has 3 heteroatoms. The highest BCUT2D eigenvalue weighted by atomic mass is 16.3. The minimum Gasteiger partial charge on any atom is -0.438 e. The van der Waals surface area contributed by atoms with E-state index < -0.39 is 0 Å². The Morgan fingerprint density at radius 3 is 1.13 bits per heavy atom. The van der Waals surface area contributed by atoms with E-state index in [9.17, 15) is 0 Å². The van der Waals surface area contributed by atoms with Crippen LogP contribution in [0.5, 0.6) is 0 Å². The van der Waals surface area contributed by atoms with Crippen LogP contribution < -0.4 is 0 Å². The molecule has 3 nitrogen and oxygen atoms in total. The monoisotopic (exact) mass is 778 g/mol. The number of rotatable bonds is 8. The van der Waals surface area contributed by atoms with Crippen LogP contribution in [0.25, 0.3) is 111 Å². The van der Waals surface area contributed by atoms with Gasteiger partial charge in [0.2, 0.25) is 5.71 Å². The van der Waals surface area contributed by atoms with Crippen molar-refractivity contribution in [1.29, 1.82) is 0 Å². The predicted octanol–water partition coefficient (Wildman–Crippen LogP) is 15.7. The lowest BCUT2D eigenvalue weighted by Gasteiger charge is -2.15. The van der Waals surface area contributed by atoms with Gasteiger partial charge >= 0.3 is 0 Å². The van der Waals surface area contributed by atoms with Crippen LogP contribution in [-0.4, -0.2) is 9.97 Å². The highest BCUT2D eigenvalue weighted by molar-refractivity contribution is 6.10. The summed E-state index contributed by atoms with van der Waals surface area (Å²) >= 11 is 0. The maximum atomic E-state index is 6.47. The molecule has 2 aromatic heterocycles. The fourth-order valence-corrected chi connectivity index (χ4v) is 8.42. The first-order valence-corrected chi connectivity index (χ1v) is 20.6. The second kappa shape index (κ2) is 15.6. The maximum absolute atomic E-state index is 6.47. The number of benzene rings is 9. The molecule has 0 aliphatic heterocycles. The zero-order valence-corrected chi connectivity index (χ0v) is 33.2. The average Bonchev–Trinajstić information content (AvgIpc) is 3.73. The third-order valence-electron chi connectivity index (χ3n) is 11.5. The van der Waals surface area contributed by atoms with Crippen molar-refractivity contribution in [1.82, 2.24) is 9.97 Å². The maximum Gasteiger partial charge on any atom is 0.231 e. The molecule has 0 bridgehead atoms. The van der Waals surface area contributed by atoms with Crippen LogP contribution in [-0.2, 0) is 0 Å². The summed E-state index contributed by atoms with van der Waals surface area (Å²) < 4.78 is 6.47. The van der Waals surface area contributed by atoms with Crippen molar-refractivity contribution in [2.45, 2.75) is 0 Å². The summed E-state index contributed by atoms with van der Waals surface area (Å²) in [5.41, 5.74) is 17.9. The lowest BCUT2D eigenvalue weighted by molar-refractivity contribution is 0.653. The molecule has 286 valence electrons. The zero-order valence-electron chi connectivity index (χ0n) is 33.2. The Bertz CT molecular complexity index is 3280. The fourth-order valence-electron chi connectivity index (χ4n) is 8.42. The van der Waals surface area contributed by atoms with Crippen LogP contribution in [0.2, 0.25) is 0 Å². The lowest BCUT2D eigenvalue weighted by Crippen LogP contribution is -1.95. The van der Waals surface area contributed by atoms with Crippen molar-refractivity contribution < 1.29 is 4.42 Å². The SMILES string of the molecule is c1ccc(-c2cc(-c3ccccc3)cc(-c3cc(-c4ccccc4)cc(-c4cccc(-c5nc(-c6cccc(-c7ccccc7)c6)c6c(n5)oc5ccccc56)c4)c3)c2)cc1. The van der Waals surface area contributed by atoms with Gasteiger partial charge in [-0.3, -0.25) is 0 Å². The number of furan rings is 1. The Labute approximate surface area is 354 Å². The van der Waals surface area contributed by atoms with Crippen molar-refractivity contribution in [2.24, 2.45) is 0 Å². The fraction of sp³-hybridized carbons (Fsp3) is 0. The molecule has 9 aromatic carbocycles. The van der Waals surface area contributed by atoms with Gasteiger partial charge in [-0.15, -0.1) is 0 Å². The molecule has 0 radical (unpaired) electrons. The summed E-state index contributed by atoms with van der Waals surface area (Å²) in [4.78, 5) is 10.5. The normalized spacial score (nSPS) is 11.3. The third kappa shape index (κ3) is 7.09. The predicted molar refractivity (Wildman–Crippen MR) is 253 cm³/mol. The van der Waals surface area contributed by atoms with E-state index in [1.54, 1.807) is 0 Å². The number of hydrogen-bond acceptors (Lipinski definition) is 3. The van der Waals surface area contributed by atoms with Gasteiger partial charge in [-0.1, -0.05) is 176 Å². The summed E-state index contributed by atoms with van der Waals surface area (Å²) in [6.45, 7) is 0. The number of hydrogen-bond donors (Lipinski definition) is 0. The molecule has 11 aromatic rings. The second-order valence-corrected chi connectivity index (χ2v) is 15.4. The van der Waals surface area contributed by atoms with Gasteiger partial charge in [0.15, 0.2) is 5.82 Å². The van der Waals surface area contributed by atoms with Crippen LogP contribution in [0.3, 0.4) is 0 Å². The van der Waals surface area contributed by atoms with Crippen molar-refractivity contribution >= 4 is 22.1 Å². The van der Waals surface area contributed by atoms with Crippen molar-refractivity contribution in [3.63, 3.8) is 0 Å². The van der Waals surface area contributed by atoms with E-state index >= 15 is 0 Å². The van der Waals surface area contributed by atoms with Crippen LogP contribution in [0, 0.1) is 0 Å². The van der Waals surface area contributed by atoms with E-state index in [0.29, 0.717) is 11.5 Å². The standard InChI is InChI=1S/C58H38N2O/c1-5-17-39(18-6-1)43-25-15-27-45(31-43)56-55-53-29-13-14-30-54(53)61-58(55)60-57(59-56)46-28-16-26-44(32-46)50-34-49(42-23-11-4-12-24-42)37-52(38-50)51-35-47(40-19-7-2-8-20-40)33-48(36-51)41-21-9-3-10-22-41/h1-38H. The van der Waals surface area contributed by atoms with Crippen LogP contribution in [0.4, 0.5) is 0 Å². The average molecular weight is 779 g/mol. The lowest BCUT2D eigenvalue weighted by atomic mass is 9.89. The Hall–Kier alpha value is -8.14. The molecular formula is C58H38N2O. The summed E-state index contributed by atoms with van der Waals surface area (Å²) in [5.74, 6) is 0.607. The molecule has 0 spiro atoms. The van der Waals surface area contributed by atoms with Crippen LogP contribution in [0.15, 0.2) is 235 Å². The Kier molecular flexibility index (Phi) is 9.18. The molecular weight excluding hydrogens is 741 g/mol. The van der Waals surface area contributed by atoms with Gasteiger partial charge in [0.25, 0.3) is 0 Å². The molecule has 0 unspecified atom stereocenters. The Balaban J connectivity index is 1.07. The summed E-state index contributed by atoms with van der Waals surface area (Å²) in [7, 11) is 0. The molecule has 0 fully saturated rings. The first-order chi connectivity index (χ1) is 30.2. The van der Waals surface area contributed by atoms with Gasteiger partial charge in [-0.2, -0.15) is 4.98 Å². The first kappa shape index (κ1) is 36.0. The molecule has 2 heterocycles. The highest BCUT2D eigenvalue weighted by Gasteiger charge is 2.19. The summed E-state index contributed by atoms with van der Waals surface area (Å²) in [5, 5.41) is 1.91. The van der Waals surface area contributed by atoms with E-state index in [2.05, 4.69) is 206 Å². The van der Waals surface area contributed by atoms with Crippen molar-refractivity contribution in [3.8, 4) is 89.4 Å². The topological polar surface area (TPSA) is 38.9 Å². The molecule has 0 atom stereocenters. The van der Waals surface area contributed by atoms with Gasteiger partial charge in [0, 0.05) is 16.5 Å². The highest BCUT2D eigenvalue weighted by Crippen LogP contribution is 2.40. The second-order valence-electron chi connectivity index (χ2n) is 15.4. The van der Waals surface area contributed by atoms with Crippen molar-refractivity contribution in [3.05, 3.63) is 231 Å². The molecule has 11 rings (SSSR count). The molecule has 0 aliphatic carbocycles. The summed E-state index contributed by atoms with van der Waals surface area (Å²) in [6.07, 6.45) is 0. The molecule has 0 saturated heterocycles. The molecule has 61 heavy (non-hydrogen) atoms. The van der Waals surface area contributed by atoms with Gasteiger partial charge in [0.1, 0.15) is 5.58 Å². The largest absolute Gasteiger partial charge is 0.438 e. The molecule has 0 saturated carbocycles. The van der Waals surface area contributed by atoms with E-state index in [1.807, 2.05) is 24.3 Å². The number of fused-ring (bicyclic) bond motifs is 3. The van der Waals surface area contributed by atoms with Gasteiger partial charge in [-0.05, 0) is 121 Å². The smallest absolute Gasteiger partial charge is 0.231 e. The van der Waals surface area contributed by atoms with Gasteiger partial charge in [-0.25, -0.2) is 4.98 Å². The zero-order chi connectivity index (χ0) is 40.5. The van der Waals surface area contributed by atoms with Crippen molar-refractivity contribution in [2.75, 3.05) is 0 Å². The Morgan fingerprint density at radius 2 is 0.607 bits per heavy atom. The molecule has 0 amide bonds. The first-order valence-electron chi connectivity index (χ1n) is 20.6. The molecule has 0 N–H and O–H groups in total. The van der Waals surface area contributed by atoms with Crippen LogP contribution in [0.1, 0.15) is 0 Å². The summed E-state index contributed by atoms with van der Waals surface area (Å²) in [6, 6.07) is 81.5. The van der Waals surface area contributed by atoms with E-state index in [1.165, 1.54) is 22.3 Å². The number of para-hydroxylation sites is 1.